The van der Waals surface area contributed by atoms with E-state index in [1.165, 1.54) is 12.7 Å². The Balaban J connectivity index is 0.00000112. The highest BCUT2D eigenvalue weighted by molar-refractivity contribution is 5.85. The zero-order valence-corrected chi connectivity index (χ0v) is 8.90. The normalized spacial score (nSPS) is 12.1. The molecule has 82 valence electrons. The molecule has 0 radical (unpaired) electrons. The first kappa shape index (κ1) is 11.7. The lowest BCUT2D eigenvalue weighted by Crippen LogP contribution is -2.10. The van der Waals surface area contributed by atoms with E-state index >= 15 is 0 Å². The average Bonchev–Trinajstić information content (AvgIpc) is 2.86. The van der Waals surface area contributed by atoms with E-state index in [0.717, 1.165) is 6.42 Å². The van der Waals surface area contributed by atoms with Crippen LogP contribution in [0, 0.1) is 0 Å². The Morgan fingerprint density at radius 2 is 2.33 bits per heavy atom. The molecule has 1 unspecified atom stereocenters. The fraction of sp³-hybridized carbons (Fsp3) is 0.375. The molecule has 0 aliphatic heterocycles. The summed E-state index contributed by atoms with van der Waals surface area (Å²) in [5, 5.41) is 3.75. The Morgan fingerprint density at radius 1 is 1.53 bits per heavy atom. The predicted molar refractivity (Wildman–Crippen MR) is 54.3 cm³/mol. The molecule has 6 nitrogen and oxygen atoms in total. The van der Waals surface area contributed by atoms with E-state index in [9.17, 15) is 0 Å². The van der Waals surface area contributed by atoms with E-state index < -0.39 is 0 Å². The molecule has 1 atom stereocenters. The van der Waals surface area contributed by atoms with Gasteiger partial charge >= 0.3 is 0 Å². The zero-order valence-electron chi connectivity index (χ0n) is 8.08. The van der Waals surface area contributed by atoms with Gasteiger partial charge in [-0.3, -0.25) is 0 Å². The van der Waals surface area contributed by atoms with Gasteiger partial charge in [-0.25, -0.2) is 4.98 Å². The van der Waals surface area contributed by atoms with Crippen LogP contribution in [0.25, 0.3) is 11.6 Å². The summed E-state index contributed by atoms with van der Waals surface area (Å²) in [7, 11) is 0. The van der Waals surface area contributed by atoms with Crippen molar-refractivity contribution in [1.82, 2.24) is 15.1 Å². The van der Waals surface area contributed by atoms with Crippen molar-refractivity contribution in [1.29, 1.82) is 0 Å². The molecule has 0 fully saturated rings. The van der Waals surface area contributed by atoms with Crippen molar-refractivity contribution >= 4 is 12.4 Å². The third kappa shape index (κ3) is 2.34. The number of halogens is 1. The second-order valence-corrected chi connectivity index (χ2v) is 2.85. The highest BCUT2D eigenvalue weighted by Crippen LogP contribution is 2.17. The molecule has 0 saturated heterocycles. The lowest BCUT2D eigenvalue weighted by Gasteiger charge is -1.98. The molecule has 7 heteroatoms. The van der Waals surface area contributed by atoms with E-state index in [1.54, 1.807) is 0 Å². The summed E-state index contributed by atoms with van der Waals surface area (Å²) in [6.07, 6.45) is 3.51. The standard InChI is InChI=1S/C8H10N4O2.ClH/c1-2-5(9)7-11-8(14-12-7)6-3-13-4-10-6;/h3-5H,2,9H2,1H3;1H. The van der Waals surface area contributed by atoms with E-state index in [-0.39, 0.29) is 18.4 Å². The number of rotatable bonds is 3. The second kappa shape index (κ2) is 4.90. The van der Waals surface area contributed by atoms with Crippen LogP contribution in [0.15, 0.2) is 21.6 Å². The van der Waals surface area contributed by atoms with Crippen molar-refractivity contribution in [3.63, 3.8) is 0 Å². The number of nitrogens with two attached hydrogens (primary N) is 1. The number of nitrogens with zero attached hydrogens (tertiary/aromatic N) is 3. The molecule has 2 rings (SSSR count). The third-order valence-electron chi connectivity index (χ3n) is 1.86. The molecule has 0 saturated carbocycles. The van der Waals surface area contributed by atoms with Gasteiger partial charge in [0, 0.05) is 0 Å². The first-order valence-corrected chi connectivity index (χ1v) is 4.29. The minimum Gasteiger partial charge on any atom is -0.451 e. The Bertz CT molecular complexity index is 400. The molecular weight excluding hydrogens is 220 g/mol. The van der Waals surface area contributed by atoms with Gasteiger partial charge in [0.05, 0.1) is 6.04 Å². The van der Waals surface area contributed by atoms with Gasteiger partial charge in [0.15, 0.2) is 17.9 Å². The van der Waals surface area contributed by atoms with Crippen molar-refractivity contribution in [2.24, 2.45) is 5.73 Å². The minimum atomic E-state index is -0.195. The fourth-order valence-corrected chi connectivity index (χ4v) is 0.990. The maximum atomic E-state index is 5.73. The van der Waals surface area contributed by atoms with Gasteiger partial charge in [-0.05, 0) is 6.42 Å². The average molecular weight is 231 g/mol. The summed E-state index contributed by atoms with van der Waals surface area (Å²) in [6.45, 7) is 1.96. The van der Waals surface area contributed by atoms with E-state index in [2.05, 4.69) is 15.1 Å². The third-order valence-corrected chi connectivity index (χ3v) is 1.86. The largest absolute Gasteiger partial charge is 0.451 e. The summed E-state index contributed by atoms with van der Waals surface area (Å²) in [5.74, 6) is 0.822. The van der Waals surface area contributed by atoms with Crippen molar-refractivity contribution in [2.45, 2.75) is 19.4 Å². The SMILES string of the molecule is CCC(N)c1noc(-c2cocn2)n1.Cl. The molecule has 0 aliphatic carbocycles. The monoisotopic (exact) mass is 230 g/mol. The maximum Gasteiger partial charge on any atom is 0.279 e. The Labute approximate surface area is 92.3 Å². The maximum absolute atomic E-state index is 5.73. The quantitative estimate of drug-likeness (QED) is 0.860. The van der Waals surface area contributed by atoms with Crippen LogP contribution in [0.4, 0.5) is 0 Å². The molecule has 2 aromatic heterocycles. The predicted octanol–water partition coefficient (Wildman–Crippen LogP) is 1.56. The van der Waals surface area contributed by atoms with Crippen molar-refractivity contribution in [2.75, 3.05) is 0 Å². The van der Waals surface area contributed by atoms with Crippen LogP contribution >= 0.6 is 12.4 Å². The fourth-order valence-electron chi connectivity index (χ4n) is 0.990. The number of hydrogen-bond donors (Lipinski definition) is 1. The van der Waals surface area contributed by atoms with Gasteiger partial charge in [-0.2, -0.15) is 4.98 Å². The molecule has 0 spiro atoms. The van der Waals surface area contributed by atoms with Crippen LogP contribution in [-0.2, 0) is 0 Å². The van der Waals surface area contributed by atoms with Gasteiger partial charge in [-0.1, -0.05) is 12.1 Å². The van der Waals surface area contributed by atoms with Crippen LogP contribution in [0.1, 0.15) is 25.2 Å². The van der Waals surface area contributed by atoms with Crippen LogP contribution in [0.5, 0.6) is 0 Å². The van der Waals surface area contributed by atoms with Crippen LogP contribution in [0.2, 0.25) is 0 Å². The second-order valence-electron chi connectivity index (χ2n) is 2.85. The highest BCUT2D eigenvalue weighted by atomic mass is 35.5. The van der Waals surface area contributed by atoms with Gasteiger partial charge < -0.3 is 14.7 Å². The number of hydrogen-bond acceptors (Lipinski definition) is 6. The Kier molecular flexibility index (Phi) is 3.81. The molecule has 2 N–H and O–H groups in total. The summed E-state index contributed by atoms with van der Waals surface area (Å²) in [5.41, 5.74) is 6.25. The van der Waals surface area contributed by atoms with Crippen LogP contribution in [-0.4, -0.2) is 15.1 Å². The Hall–Kier alpha value is -1.40. The van der Waals surface area contributed by atoms with Gasteiger partial charge in [-0.15, -0.1) is 12.4 Å². The van der Waals surface area contributed by atoms with Crippen LogP contribution < -0.4 is 5.73 Å². The number of oxazole rings is 1. The minimum absolute atomic E-state index is 0. The van der Waals surface area contributed by atoms with Crippen molar-refractivity contribution in [3.05, 3.63) is 18.5 Å². The summed E-state index contributed by atoms with van der Waals surface area (Å²) < 4.78 is 9.76. The molecule has 0 amide bonds. The van der Waals surface area contributed by atoms with Crippen molar-refractivity contribution in [3.8, 4) is 11.6 Å². The molecular formula is C8H11ClN4O2. The van der Waals surface area contributed by atoms with Crippen molar-refractivity contribution < 1.29 is 8.94 Å². The summed E-state index contributed by atoms with van der Waals surface area (Å²) in [6, 6.07) is -0.195. The first-order chi connectivity index (χ1) is 6.81. The highest BCUT2D eigenvalue weighted by Gasteiger charge is 2.14. The van der Waals surface area contributed by atoms with Gasteiger partial charge in [0.1, 0.15) is 6.26 Å². The number of aromatic nitrogens is 3. The zero-order chi connectivity index (χ0) is 9.97. The molecule has 0 aliphatic rings. The molecule has 0 aromatic carbocycles. The molecule has 15 heavy (non-hydrogen) atoms. The van der Waals surface area contributed by atoms with E-state index in [1.807, 2.05) is 6.92 Å². The summed E-state index contributed by atoms with van der Waals surface area (Å²) in [4.78, 5) is 7.98. The summed E-state index contributed by atoms with van der Waals surface area (Å²) >= 11 is 0. The van der Waals surface area contributed by atoms with E-state index in [4.69, 9.17) is 14.7 Å². The van der Waals surface area contributed by atoms with E-state index in [0.29, 0.717) is 17.4 Å². The van der Waals surface area contributed by atoms with Gasteiger partial charge in [0.2, 0.25) is 0 Å². The molecule has 2 heterocycles. The first-order valence-electron chi connectivity index (χ1n) is 4.29. The van der Waals surface area contributed by atoms with Crippen LogP contribution in [0.3, 0.4) is 0 Å². The smallest absolute Gasteiger partial charge is 0.279 e. The molecule has 0 bridgehead atoms. The lowest BCUT2D eigenvalue weighted by atomic mass is 10.2. The Morgan fingerprint density at radius 3 is 2.93 bits per heavy atom. The lowest BCUT2D eigenvalue weighted by molar-refractivity contribution is 0.414. The topological polar surface area (TPSA) is 91.0 Å². The molecule has 2 aromatic rings. The van der Waals surface area contributed by atoms with Gasteiger partial charge in [0.25, 0.3) is 5.89 Å².